The average molecular weight is 452 g/mol. The summed E-state index contributed by atoms with van der Waals surface area (Å²) in [6, 6.07) is 6.38. The van der Waals surface area contributed by atoms with Gasteiger partial charge in [0.1, 0.15) is 0 Å². The monoisotopic (exact) mass is 452 g/mol. The van der Waals surface area contributed by atoms with Gasteiger partial charge in [-0.1, -0.05) is 18.2 Å². The maximum Gasteiger partial charge on any atom is 0.416 e. The van der Waals surface area contributed by atoms with Crippen LogP contribution in [-0.2, 0) is 15.7 Å². The maximum absolute atomic E-state index is 13.9. The molecule has 1 atom stereocenters. The molecule has 10 heteroatoms. The van der Waals surface area contributed by atoms with E-state index in [1.807, 2.05) is 0 Å². The molecule has 0 bridgehead atoms. The molecule has 0 amide bonds. The molecule has 0 fully saturated rings. The maximum atomic E-state index is 13.9. The standard InChI is InChI=1S/C22H23F3N2O5/c1-12(2)32-20-18-15(7-8-26-20)27-16(11-31-10-9-28)19(21(29)30)17(18)13-5-3-4-6-14(13)22(23,24)25/h3-8,12,17,27-28H,9-11H2,1-2H3,(H,29,30). The molecule has 3 N–H and O–H groups in total. The Labute approximate surface area is 182 Å². The van der Waals surface area contributed by atoms with Gasteiger partial charge < -0.3 is 25.0 Å². The van der Waals surface area contributed by atoms with E-state index in [1.165, 1.54) is 30.5 Å². The molecule has 0 radical (unpaired) electrons. The summed E-state index contributed by atoms with van der Waals surface area (Å²) in [6.45, 7) is 2.88. The number of carboxylic acid groups (broad SMARTS) is 1. The summed E-state index contributed by atoms with van der Waals surface area (Å²) in [6.07, 6.45) is -3.63. The third-order valence-electron chi connectivity index (χ3n) is 4.78. The van der Waals surface area contributed by atoms with Crippen molar-refractivity contribution in [3.8, 4) is 5.88 Å². The highest BCUT2D eigenvalue weighted by Crippen LogP contribution is 2.48. The summed E-state index contributed by atoms with van der Waals surface area (Å²) >= 11 is 0. The van der Waals surface area contributed by atoms with Crippen LogP contribution in [0.25, 0.3) is 0 Å². The van der Waals surface area contributed by atoms with Gasteiger partial charge in [0.2, 0.25) is 5.88 Å². The van der Waals surface area contributed by atoms with Crippen molar-refractivity contribution in [3.63, 3.8) is 0 Å². The minimum atomic E-state index is -4.71. The lowest BCUT2D eigenvalue weighted by molar-refractivity contribution is -0.139. The lowest BCUT2D eigenvalue weighted by Crippen LogP contribution is -2.29. The number of aliphatic hydroxyl groups is 1. The number of aliphatic carboxylic acids is 1. The van der Waals surface area contributed by atoms with Gasteiger partial charge in [-0.05, 0) is 31.5 Å². The fourth-order valence-corrected chi connectivity index (χ4v) is 3.63. The van der Waals surface area contributed by atoms with Crippen molar-refractivity contribution in [2.24, 2.45) is 0 Å². The normalized spacial score (nSPS) is 16.0. The van der Waals surface area contributed by atoms with E-state index in [0.717, 1.165) is 6.07 Å². The van der Waals surface area contributed by atoms with Crippen LogP contribution in [0.5, 0.6) is 5.88 Å². The van der Waals surface area contributed by atoms with Gasteiger partial charge in [0.05, 0.1) is 48.7 Å². The molecular weight excluding hydrogens is 429 g/mol. The second-order valence-electron chi connectivity index (χ2n) is 7.36. The fraction of sp³-hybridized carbons (Fsp3) is 0.364. The lowest BCUT2D eigenvalue weighted by Gasteiger charge is -2.32. The van der Waals surface area contributed by atoms with Gasteiger partial charge in [0, 0.05) is 17.4 Å². The highest BCUT2D eigenvalue weighted by Gasteiger charge is 2.42. The summed E-state index contributed by atoms with van der Waals surface area (Å²) in [7, 11) is 0. The molecule has 7 nitrogen and oxygen atoms in total. The van der Waals surface area contributed by atoms with E-state index in [2.05, 4.69) is 10.3 Å². The zero-order valence-electron chi connectivity index (χ0n) is 17.4. The summed E-state index contributed by atoms with van der Waals surface area (Å²) in [5.74, 6) is -2.69. The number of rotatable bonds is 8. The molecule has 2 heterocycles. The van der Waals surface area contributed by atoms with E-state index in [4.69, 9.17) is 14.6 Å². The van der Waals surface area contributed by atoms with Crippen LogP contribution in [0, 0.1) is 0 Å². The number of ether oxygens (including phenoxy) is 2. The number of nitrogens with zero attached hydrogens (tertiary/aromatic N) is 1. The zero-order chi connectivity index (χ0) is 23.5. The first-order chi connectivity index (χ1) is 15.1. The Bertz CT molecular complexity index is 1020. The molecule has 172 valence electrons. The van der Waals surface area contributed by atoms with Crippen molar-refractivity contribution in [3.05, 3.63) is 64.5 Å². The van der Waals surface area contributed by atoms with Gasteiger partial charge >= 0.3 is 12.1 Å². The summed E-state index contributed by atoms with van der Waals surface area (Å²) in [5, 5.41) is 22.0. The van der Waals surface area contributed by atoms with Gasteiger partial charge in [-0.25, -0.2) is 9.78 Å². The molecule has 1 aliphatic heterocycles. The molecule has 32 heavy (non-hydrogen) atoms. The number of hydrogen-bond donors (Lipinski definition) is 3. The predicted octanol–water partition coefficient (Wildman–Crippen LogP) is 3.79. The van der Waals surface area contributed by atoms with E-state index in [-0.39, 0.29) is 54.2 Å². The highest BCUT2D eigenvalue weighted by molar-refractivity contribution is 5.94. The van der Waals surface area contributed by atoms with Crippen LogP contribution >= 0.6 is 0 Å². The Morgan fingerprint density at radius 1 is 1.25 bits per heavy atom. The second-order valence-corrected chi connectivity index (χ2v) is 7.36. The Hall–Kier alpha value is -3.11. The molecule has 1 aliphatic rings. The SMILES string of the molecule is CC(C)Oc1nccc2c1C(c1ccccc1C(F)(F)F)C(C(=O)O)=C(COCCO)N2. The third kappa shape index (κ3) is 4.86. The number of benzene rings is 1. The van der Waals surface area contributed by atoms with Crippen LogP contribution in [0.2, 0.25) is 0 Å². The number of alkyl halides is 3. The number of fused-ring (bicyclic) bond motifs is 1. The summed E-state index contributed by atoms with van der Waals surface area (Å²) < 4.78 is 52.7. The molecule has 0 aliphatic carbocycles. The quantitative estimate of drug-likeness (QED) is 0.524. The predicted molar refractivity (Wildman–Crippen MR) is 109 cm³/mol. The summed E-state index contributed by atoms with van der Waals surface area (Å²) in [4.78, 5) is 16.5. The van der Waals surface area contributed by atoms with Crippen molar-refractivity contribution in [2.45, 2.75) is 32.0 Å². The van der Waals surface area contributed by atoms with Gasteiger partial charge in [-0.3, -0.25) is 0 Å². The van der Waals surface area contributed by atoms with Crippen molar-refractivity contribution in [2.75, 3.05) is 25.1 Å². The van der Waals surface area contributed by atoms with Gasteiger partial charge in [0.25, 0.3) is 0 Å². The van der Waals surface area contributed by atoms with Crippen LogP contribution in [0.15, 0.2) is 47.8 Å². The molecule has 3 rings (SSSR count). The zero-order valence-corrected chi connectivity index (χ0v) is 17.4. The van der Waals surface area contributed by atoms with Crippen molar-refractivity contribution in [1.82, 2.24) is 4.98 Å². The first-order valence-electron chi connectivity index (χ1n) is 9.88. The molecular formula is C22H23F3N2O5. The molecule has 2 aromatic rings. The van der Waals surface area contributed by atoms with Crippen LogP contribution < -0.4 is 10.1 Å². The largest absolute Gasteiger partial charge is 0.478 e. The van der Waals surface area contributed by atoms with E-state index >= 15 is 0 Å². The number of pyridine rings is 1. The van der Waals surface area contributed by atoms with E-state index < -0.39 is 23.6 Å². The molecule has 1 aromatic carbocycles. The number of carboxylic acids is 1. The highest BCUT2D eigenvalue weighted by atomic mass is 19.4. The lowest BCUT2D eigenvalue weighted by atomic mass is 9.79. The van der Waals surface area contributed by atoms with E-state index in [9.17, 15) is 23.1 Å². The minimum Gasteiger partial charge on any atom is -0.478 e. The first kappa shape index (κ1) is 23.6. The Balaban J connectivity index is 2.31. The van der Waals surface area contributed by atoms with Crippen LogP contribution in [-0.4, -0.2) is 47.1 Å². The van der Waals surface area contributed by atoms with Crippen LogP contribution in [0.1, 0.15) is 36.5 Å². The Kier molecular flexibility index (Phi) is 7.05. The number of halogens is 3. The van der Waals surface area contributed by atoms with Crippen LogP contribution in [0.3, 0.4) is 0 Å². The molecule has 0 saturated carbocycles. The minimum absolute atomic E-state index is 0.0426. The van der Waals surface area contributed by atoms with Crippen molar-refractivity contribution in [1.29, 1.82) is 0 Å². The smallest absolute Gasteiger partial charge is 0.416 e. The number of carbonyl (C=O) groups is 1. The third-order valence-corrected chi connectivity index (χ3v) is 4.78. The number of anilines is 1. The molecule has 1 aromatic heterocycles. The summed E-state index contributed by atoms with van der Waals surface area (Å²) in [5.41, 5.74) is -0.852. The first-order valence-corrected chi connectivity index (χ1v) is 9.88. The van der Waals surface area contributed by atoms with Gasteiger partial charge in [0.15, 0.2) is 0 Å². The number of aliphatic hydroxyl groups excluding tert-OH is 1. The fourth-order valence-electron chi connectivity index (χ4n) is 3.63. The Morgan fingerprint density at radius 3 is 2.59 bits per heavy atom. The average Bonchev–Trinajstić information content (AvgIpc) is 2.72. The number of aromatic nitrogens is 1. The molecule has 1 unspecified atom stereocenters. The van der Waals surface area contributed by atoms with Crippen LogP contribution in [0.4, 0.5) is 18.9 Å². The number of hydrogen-bond acceptors (Lipinski definition) is 6. The number of nitrogens with one attached hydrogen (secondary N) is 1. The second kappa shape index (κ2) is 9.58. The Morgan fingerprint density at radius 2 is 1.97 bits per heavy atom. The molecule has 0 saturated heterocycles. The van der Waals surface area contributed by atoms with Gasteiger partial charge in [-0.15, -0.1) is 0 Å². The molecule has 0 spiro atoms. The van der Waals surface area contributed by atoms with Crippen molar-refractivity contribution >= 4 is 11.7 Å². The van der Waals surface area contributed by atoms with Gasteiger partial charge in [-0.2, -0.15) is 13.2 Å². The van der Waals surface area contributed by atoms with Crippen molar-refractivity contribution < 1.29 is 37.7 Å². The van der Waals surface area contributed by atoms with E-state index in [1.54, 1.807) is 13.8 Å². The van der Waals surface area contributed by atoms with E-state index in [0.29, 0.717) is 5.69 Å². The topological polar surface area (TPSA) is 101 Å².